The molecule has 0 radical (unpaired) electrons. The molecule has 1 aromatic carbocycles. The number of hydrogen-bond donors (Lipinski definition) is 0. The Kier molecular flexibility index (Phi) is 6.06. The highest BCUT2D eigenvalue weighted by Gasteiger charge is 1.98. The van der Waals surface area contributed by atoms with Crippen LogP contribution in [0.25, 0.3) is 0 Å². The summed E-state index contributed by atoms with van der Waals surface area (Å²) in [5, 5.41) is 8.76. The summed E-state index contributed by atoms with van der Waals surface area (Å²) in [6, 6.07) is 8.97. The van der Waals surface area contributed by atoms with Crippen molar-refractivity contribution in [3.8, 4) is 5.75 Å². The first kappa shape index (κ1) is 12.5. The SMILES string of the molecule is C=C(CCCC)OOOOc1ccccc1. The van der Waals surface area contributed by atoms with Crippen LogP contribution in [0.2, 0.25) is 0 Å². The predicted octanol–water partition coefficient (Wildman–Crippen LogP) is 3.56. The van der Waals surface area contributed by atoms with E-state index in [-0.39, 0.29) is 0 Å². The molecule has 88 valence electrons. The highest BCUT2D eigenvalue weighted by Crippen LogP contribution is 2.10. The molecule has 4 nitrogen and oxygen atoms in total. The fourth-order valence-corrected chi connectivity index (χ4v) is 1.01. The van der Waals surface area contributed by atoms with Crippen molar-refractivity contribution in [2.75, 3.05) is 0 Å². The van der Waals surface area contributed by atoms with Gasteiger partial charge in [-0.25, -0.2) is 0 Å². The van der Waals surface area contributed by atoms with E-state index in [4.69, 9.17) is 9.78 Å². The van der Waals surface area contributed by atoms with Crippen LogP contribution in [0.5, 0.6) is 5.75 Å². The summed E-state index contributed by atoms with van der Waals surface area (Å²) in [5.74, 6) is 1.05. The molecular weight excluding hydrogens is 208 g/mol. The van der Waals surface area contributed by atoms with Gasteiger partial charge in [0.05, 0.1) is 0 Å². The van der Waals surface area contributed by atoms with Crippen LogP contribution in [-0.4, -0.2) is 0 Å². The van der Waals surface area contributed by atoms with Crippen LogP contribution in [0.4, 0.5) is 0 Å². The second kappa shape index (κ2) is 7.73. The lowest BCUT2D eigenvalue weighted by Gasteiger charge is -2.05. The first-order chi connectivity index (χ1) is 7.83. The van der Waals surface area contributed by atoms with Crippen molar-refractivity contribution in [3.63, 3.8) is 0 Å². The maximum atomic E-state index is 4.77. The highest BCUT2D eigenvalue weighted by atomic mass is 17.7. The quantitative estimate of drug-likeness (QED) is 0.293. The van der Waals surface area contributed by atoms with Gasteiger partial charge < -0.3 is 9.78 Å². The van der Waals surface area contributed by atoms with Crippen LogP contribution >= 0.6 is 0 Å². The molecule has 0 spiro atoms. The first-order valence-corrected chi connectivity index (χ1v) is 5.23. The third-order valence-corrected chi connectivity index (χ3v) is 1.86. The molecule has 0 saturated carbocycles. The third kappa shape index (κ3) is 5.38. The second-order valence-electron chi connectivity index (χ2n) is 3.26. The standard InChI is InChI=1S/C12H16O4/c1-3-4-8-11(2)13-15-16-14-12-9-6-5-7-10-12/h5-7,9-10H,2-4,8H2,1H3. The van der Waals surface area contributed by atoms with Gasteiger partial charge in [-0.2, -0.15) is 0 Å². The molecule has 0 unspecified atom stereocenters. The first-order valence-electron chi connectivity index (χ1n) is 5.23. The maximum Gasteiger partial charge on any atom is 0.168 e. The molecule has 0 aliphatic heterocycles. The lowest BCUT2D eigenvalue weighted by Crippen LogP contribution is -2.00. The summed E-state index contributed by atoms with van der Waals surface area (Å²) in [6.07, 6.45) is 2.82. The van der Waals surface area contributed by atoms with E-state index in [1.165, 1.54) is 0 Å². The van der Waals surface area contributed by atoms with Gasteiger partial charge in [0.1, 0.15) is 5.76 Å². The van der Waals surface area contributed by atoms with E-state index in [9.17, 15) is 0 Å². The zero-order valence-corrected chi connectivity index (χ0v) is 9.35. The van der Waals surface area contributed by atoms with E-state index in [0.29, 0.717) is 11.5 Å². The van der Waals surface area contributed by atoms with Crippen molar-refractivity contribution in [1.82, 2.24) is 0 Å². The molecule has 16 heavy (non-hydrogen) atoms. The minimum Gasteiger partial charge on any atom is -0.311 e. The molecule has 0 saturated heterocycles. The van der Waals surface area contributed by atoms with Gasteiger partial charge in [-0.05, 0) is 18.6 Å². The van der Waals surface area contributed by atoms with Gasteiger partial charge in [0, 0.05) is 16.5 Å². The monoisotopic (exact) mass is 224 g/mol. The predicted molar refractivity (Wildman–Crippen MR) is 59.0 cm³/mol. The molecular formula is C12H16O4. The summed E-state index contributed by atoms with van der Waals surface area (Å²) < 4.78 is 0. The summed E-state index contributed by atoms with van der Waals surface area (Å²) in [5.41, 5.74) is 0. The van der Waals surface area contributed by atoms with Crippen molar-refractivity contribution >= 4 is 0 Å². The summed E-state index contributed by atoms with van der Waals surface area (Å²) in [6.45, 7) is 5.74. The Bertz CT molecular complexity index is 297. The molecule has 0 heterocycles. The fourth-order valence-electron chi connectivity index (χ4n) is 1.01. The Morgan fingerprint density at radius 1 is 1.19 bits per heavy atom. The molecule has 0 aliphatic carbocycles. The molecule has 1 rings (SSSR count). The topological polar surface area (TPSA) is 36.9 Å². The minimum atomic E-state index is 0.513. The third-order valence-electron chi connectivity index (χ3n) is 1.86. The van der Waals surface area contributed by atoms with Crippen LogP contribution in [0.1, 0.15) is 26.2 Å². The molecule has 0 aliphatic rings. The molecule has 0 atom stereocenters. The largest absolute Gasteiger partial charge is 0.311 e. The lowest BCUT2D eigenvalue weighted by atomic mass is 10.2. The van der Waals surface area contributed by atoms with E-state index < -0.39 is 0 Å². The maximum absolute atomic E-state index is 4.77. The Balaban J connectivity index is 2.06. The van der Waals surface area contributed by atoms with Gasteiger partial charge >= 0.3 is 0 Å². The summed E-state index contributed by atoms with van der Waals surface area (Å²) in [4.78, 5) is 9.50. The smallest absolute Gasteiger partial charge is 0.168 e. The van der Waals surface area contributed by atoms with E-state index in [2.05, 4.69) is 23.6 Å². The van der Waals surface area contributed by atoms with Crippen LogP contribution in [0.3, 0.4) is 0 Å². The van der Waals surface area contributed by atoms with E-state index in [1.807, 2.05) is 18.2 Å². The molecule has 0 N–H and O–H groups in total. The average Bonchev–Trinajstić information content (AvgIpc) is 2.33. The number of hydrogen-bond acceptors (Lipinski definition) is 4. The highest BCUT2D eigenvalue weighted by molar-refractivity contribution is 5.19. The number of rotatable bonds is 8. The van der Waals surface area contributed by atoms with Gasteiger partial charge in [0.25, 0.3) is 0 Å². The Hall–Kier alpha value is -1.52. The average molecular weight is 224 g/mol. The normalized spacial score (nSPS) is 9.81. The van der Waals surface area contributed by atoms with Gasteiger partial charge in [-0.1, -0.05) is 38.1 Å². The lowest BCUT2D eigenvalue weighted by molar-refractivity contribution is -0.596. The molecule has 4 heteroatoms. The van der Waals surface area contributed by atoms with Crippen LogP contribution < -0.4 is 4.89 Å². The van der Waals surface area contributed by atoms with Crippen molar-refractivity contribution in [2.24, 2.45) is 0 Å². The van der Waals surface area contributed by atoms with Gasteiger partial charge in [0.2, 0.25) is 0 Å². The fraction of sp³-hybridized carbons (Fsp3) is 0.333. The zero-order chi connectivity index (χ0) is 11.6. The van der Waals surface area contributed by atoms with Crippen LogP contribution in [0, 0.1) is 0 Å². The van der Waals surface area contributed by atoms with E-state index in [0.717, 1.165) is 19.3 Å². The Morgan fingerprint density at radius 2 is 1.94 bits per heavy atom. The van der Waals surface area contributed by atoms with Gasteiger partial charge in [-0.3, -0.25) is 0 Å². The van der Waals surface area contributed by atoms with Crippen molar-refractivity contribution in [3.05, 3.63) is 42.7 Å². The summed E-state index contributed by atoms with van der Waals surface area (Å²) >= 11 is 0. The van der Waals surface area contributed by atoms with Crippen LogP contribution in [-0.2, 0) is 15.0 Å². The molecule has 0 aromatic heterocycles. The minimum absolute atomic E-state index is 0.513. The van der Waals surface area contributed by atoms with Crippen molar-refractivity contribution in [1.29, 1.82) is 0 Å². The van der Waals surface area contributed by atoms with E-state index in [1.54, 1.807) is 12.1 Å². The molecule has 0 amide bonds. The molecule has 0 bridgehead atoms. The van der Waals surface area contributed by atoms with Crippen molar-refractivity contribution < 1.29 is 19.9 Å². The number of unbranched alkanes of at least 4 members (excludes halogenated alkanes) is 1. The summed E-state index contributed by atoms with van der Waals surface area (Å²) in [7, 11) is 0. The van der Waals surface area contributed by atoms with Gasteiger partial charge in [0.15, 0.2) is 5.75 Å². The van der Waals surface area contributed by atoms with Crippen LogP contribution in [0.15, 0.2) is 42.7 Å². The number of para-hydroxylation sites is 1. The van der Waals surface area contributed by atoms with E-state index >= 15 is 0 Å². The second-order valence-corrected chi connectivity index (χ2v) is 3.26. The Morgan fingerprint density at radius 3 is 2.62 bits per heavy atom. The number of benzene rings is 1. The molecule has 0 fully saturated rings. The zero-order valence-electron chi connectivity index (χ0n) is 9.35. The Labute approximate surface area is 95.2 Å². The van der Waals surface area contributed by atoms with Gasteiger partial charge in [-0.15, -0.1) is 0 Å². The number of allylic oxidation sites excluding steroid dienone is 1. The van der Waals surface area contributed by atoms with Crippen molar-refractivity contribution in [2.45, 2.75) is 26.2 Å². The molecule has 1 aromatic rings.